The molecule has 0 saturated heterocycles. The molecule has 170 valence electrons. The molecule has 1 rings (SSSR count). The van der Waals surface area contributed by atoms with Crippen molar-refractivity contribution < 1.29 is 4.74 Å². The molecule has 0 amide bonds. The van der Waals surface area contributed by atoms with Crippen LogP contribution in [0.1, 0.15) is 80.2 Å². The number of hydrogen-bond acceptors (Lipinski definition) is 5. The molecule has 0 unspecified atom stereocenters. The first-order valence-electron chi connectivity index (χ1n) is 11.1. The second-order valence-corrected chi connectivity index (χ2v) is 9.51. The maximum Gasteiger partial charge on any atom is 0.108 e. The SMILES string of the molecule is CC(C)CCOC(C)(C)C.CCCN(CCC)c1ccc(/C(C)=C(\C#N)SN)cc1. The Balaban J connectivity index is 0.000000710. The quantitative estimate of drug-likeness (QED) is 0.317. The van der Waals surface area contributed by atoms with Crippen LogP contribution in [0.2, 0.25) is 0 Å². The molecule has 1 aromatic rings. The van der Waals surface area contributed by atoms with Crippen molar-refractivity contribution in [1.82, 2.24) is 0 Å². The van der Waals surface area contributed by atoms with Gasteiger partial charge < -0.3 is 9.64 Å². The topological polar surface area (TPSA) is 62.3 Å². The summed E-state index contributed by atoms with van der Waals surface area (Å²) >= 11 is 1.01. The molecular weight excluding hydrogens is 390 g/mol. The number of nitriles is 1. The molecule has 0 aliphatic carbocycles. The lowest BCUT2D eigenvalue weighted by molar-refractivity contribution is -0.00774. The van der Waals surface area contributed by atoms with Gasteiger partial charge in [-0.05, 0) is 88.1 Å². The number of rotatable bonds is 10. The number of hydrogen-bond donors (Lipinski definition) is 1. The van der Waals surface area contributed by atoms with Crippen molar-refractivity contribution >= 4 is 23.2 Å². The van der Waals surface area contributed by atoms with E-state index >= 15 is 0 Å². The molecule has 0 aliphatic heterocycles. The van der Waals surface area contributed by atoms with E-state index < -0.39 is 0 Å². The summed E-state index contributed by atoms with van der Waals surface area (Å²) in [5, 5.41) is 14.5. The molecule has 0 heterocycles. The van der Waals surface area contributed by atoms with E-state index in [1.54, 1.807) is 0 Å². The number of allylic oxidation sites excluding steroid dienone is 2. The van der Waals surface area contributed by atoms with E-state index in [1.165, 1.54) is 5.69 Å². The van der Waals surface area contributed by atoms with E-state index in [4.69, 9.17) is 15.1 Å². The highest BCUT2D eigenvalue weighted by molar-refractivity contribution is 8.01. The van der Waals surface area contributed by atoms with Gasteiger partial charge >= 0.3 is 0 Å². The average Bonchev–Trinajstić information content (AvgIpc) is 2.68. The third-order valence-electron chi connectivity index (χ3n) is 4.44. The van der Waals surface area contributed by atoms with Gasteiger partial charge in [0.1, 0.15) is 11.0 Å². The number of benzene rings is 1. The molecule has 0 aliphatic rings. The normalized spacial score (nSPS) is 12.0. The van der Waals surface area contributed by atoms with Gasteiger partial charge in [0.2, 0.25) is 0 Å². The van der Waals surface area contributed by atoms with Crippen molar-refractivity contribution in [3.63, 3.8) is 0 Å². The van der Waals surface area contributed by atoms with Gasteiger partial charge in [0.15, 0.2) is 0 Å². The van der Waals surface area contributed by atoms with Crippen molar-refractivity contribution in [3.8, 4) is 6.07 Å². The highest BCUT2D eigenvalue weighted by atomic mass is 32.2. The first-order valence-corrected chi connectivity index (χ1v) is 11.9. The summed E-state index contributed by atoms with van der Waals surface area (Å²) in [5.74, 6) is 0.752. The molecule has 0 radical (unpaired) electrons. The van der Waals surface area contributed by atoms with Gasteiger partial charge in [0, 0.05) is 25.4 Å². The van der Waals surface area contributed by atoms with E-state index in [2.05, 4.69) is 83.7 Å². The van der Waals surface area contributed by atoms with Crippen molar-refractivity contribution in [2.24, 2.45) is 11.1 Å². The van der Waals surface area contributed by atoms with E-state index in [0.29, 0.717) is 4.91 Å². The van der Waals surface area contributed by atoms with Crippen molar-refractivity contribution in [2.45, 2.75) is 80.3 Å². The standard InChI is InChI=1S/C16H23N3S.C9H20O/c1-4-10-19(11-5-2)15-8-6-14(7-9-15)13(3)16(12-17)20-18;1-8(2)6-7-10-9(3,4)5/h6-9H,4-5,10-11,18H2,1-3H3;8H,6-7H2,1-5H3/b16-13+;. The van der Waals surface area contributed by atoms with Crippen LogP contribution in [0.25, 0.3) is 5.57 Å². The zero-order chi connectivity index (χ0) is 23.2. The van der Waals surface area contributed by atoms with Crippen LogP contribution in [0.3, 0.4) is 0 Å². The fourth-order valence-corrected chi connectivity index (χ4v) is 3.11. The third kappa shape index (κ3) is 12.3. The Kier molecular flexibility index (Phi) is 14.6. The first kappa shape index (κ1) is 28.5. The first-order chi connectivity index (χ1) is 14.1. The minimum atomic E-state index is 0.0366. The number of ether oxygens (including phenoxy) is 1. The fraction of sp³-hybridized carbons (Fsp3) is 0.640. The minimum Gasteiger partial charge on any atom is -0.376 e. The monoisotopic (exact) mass is 433 g/mol. The highest BCUT2D eigenvalue weighted by Gasteiger charge is 2.09. The molecule has 0 fully saturated rings. The molecule has 30 heavy (non-hydrogen) atoms. The number of nitrogens with zero attached hydrogens (tertiary/aromatic N) is 2. The van der Waals surface area contributed by atoms with Crippen LogP contribution in [0.15, 0.2) is 29.2 Å². The lowest BCUT2D eigenvalue weighted by Gasteiger charge is -2.24. The molecule has 1 aromatic carbocycles. The van der Waals surface area contributed by atoms with Gasteiger partial charge in [-0.3, -0.25) is 5.14 Å². The molecule has 5 heteroatoms. The smallest absolute Gasteiger partial charge is 0.108 e. The van der Waals surface area contributed by atoms with E-state index in [-0.39, 0.29) is 5.60 Å². The van der Waals surface area contributed by atoms with Gasteiger partial charge in [0.05, 0.1) is 5.60 Å². The van der Waals surface area contributed by atoms with Crippen LogP contribution in [0.4, 0.5) is 5.69 Å². The Bertz CT molecular complexity index is 648. The molecule has 2 N–H and O–H groups in total. The largest absolute Gasteiger partial charge is 0.376 e. The van der Waals surface area contributed by atoms with Gasteiger partial charge in [-0.15, -0.1) is 0 Å². The maximum atomic E-state index is 9.02. The second-order valence-electron chi connectivity index (χ2n) is 8.86. The minimum absolute atomic E-state index is 0.0366. The number of anilines is 1. The number of nitrogens with two attached hydrogens (primary N) is 1. The summed E-state index contributed by atoms with van der Waals surface area (Å²) in [6, 6.07) is 10.5. The molecule has 0 spiro atoms. The van der Waals surface area contributed by atoms with Gasteiger partial charge in [-0.25, -0.2) is 0 Å². The van der Waals surface area contributed by atoms with Gasteiger partial charge in [-0.2, -0.15) is 5.26 Å². The molecule has 0 saturated carbocycles. The summed E-state index contributed by atoms with van der Waals surface area (Å²) in [4.78, 5) is 2.96. The van der Waals surface area contributed by atoms with E-state index in [9.17, 15) is 0 Å². The van der Waals surface area contributed by atoms with Crippen LogP contribution in [0.5, 0.6) is 0 Å². The molecule has 0 bridgehead atoms. The predicted molar refractivity (Wildman–Crippen MR) is 134 cm³/mol. The third-order valence-corrected chi connectivity index (χ3v) is 5.08. The second kappa shape index (κ2) is 15.3. The maximum absolute atomic E-state index is 9.02. The summed E-state index contributed by atoms with van der Waals surface area (Å²) in [5.41, 5.74) is 3.26. The summed E-state index contributed by atoms with van der Waals surface area (Å²) in [7, 11) is 0. The van der Waals surface area contributed by atoms with Crippen LogP contribution >= 0.6 is 11.9 Å². The van der Waals surface area contributed by atoms with Crippen LogP contribution in [-0.4, -0.2) is 25.3 Å². The molecule has 4 nitrogen and oxygen atoms in total. The van der Waals surface area contributed by atoms with Crippen molar-refractivity contribution in [1.29, 1.82) is 5.26 Å². The molecular formula is C25H43N3OS. The van der Waals surface area contributed by atoms with Crippen molar-refractivity contribution in [2.75, 3.05) is 24.6 Å². The zero-order valence-corrected chi connectivity index (χ0v) is 21.2. The lowest BCUT2D eigenvalue weighted by atomic mass is 10.1. The van der Waals surface area contributed by atoms with Crippen LogP contribution in [-0.2, 0) is 4.74 Å². The lowest BCUT2D eigenvalue weighted by Crippen LogP contribution is -2.24. The van der Waals surface area contributed by atoms with Gasteiger partial charge in [0.25, 0.3) is 0 Å². The van der Waals surface area contributed by atoms with Crippen molar-refractivity contribution in [3.05, 3.63) is 34.7 Å². The summed E-state index contributed by atoms with van der Waals surface area (Å²) < 4.78 is 5.54. The van der Waals surface area contributed by atoms with Gasteiger partial charge in [-0.1, -0.05) is 39.8 Å². The fourth-order valence-electron chi connectivity index (χ4n) is 2.76. The Morgan fingerprint density at radius 2 is 1.67 bits per heavy atom. The molecule has 0 atom stereocenters. The van der Waals surface area contributed by atoms with E-state index in [1.807, 2.05) is 6.92 Å². The predicted octanol–water partition coefficient (Wildman–Crippen LogP) is 7.02. The van der Waals surface area contributed by atoms with Crippen LogP contribution in [0, 0.1) is 17.2 Å². The van der Waals surface area contributed by atoms with E-state index in [0.717, 1.165) is 68.0 Å². The van der Waals surface area contributed by atoms with Crippen LogP contribution < -0.4 is 10.0 Å². The average molecular weight is 434 g/mol. The highest BCUT2D eigenvalue weighted by Crippen LogP contribution is 2.25. The zero-order valence-electron chi connectivity index (χ0n) is 20.4. The summed E-state index contributed by atoms with van der Waals surface area (Å²) in [6.45, 7) is 20.1. The Morgan fingerprint density at radius 3 is 2.03 bits per heavy atom. The molecule has 0 aromatic heterocycles. The summed E-state index contributed by atoms with van der Waals surface area (Å²) in [6.07, 6.45) is 3.45. The Hall–Kier alpha value is -1.48. The Morgan fingerprint density at radius 1 is 1.13 bits per heavy atom. The Labute approximate surface area is 190 Å².